The zero-order valence-electron chi connectivity index (χ0n) is 17.9. The fourth-order valence-corrected chi connectivity index (χ4v) is 2.76. The normalized spacial score (nSPS) is 12.4. The van der Waals surface area contributed by atoms with Crippen LogP contribution in [0.3, 0.4) is 0 Å². The summed E-state index contributed by atoms with van der Waals surface area (Å²) in [6, 6.07) is 6.30. The maximum Gasteiger partial charge on any atom is 0.326 e. The monoisotopic (exact) mass is 402 g/mol. The highest BCUT2D eigenvalue weighted by molar-refractivity contribution is 5.89. The van der Waals surface area contributed by atoms with Crippen molar-refractivity contribution in [1.82, 2.24) is 14.9 Å². The van der Waals surface area contributed by atoms with Gasteiger partial charge in [-0.25, -0.2) is 9.78 Å². The van der Waals surface area contributed by atoms with E-state index in [1.165, 1.54) is 0 Å². The highest BCUT2D eigenvalue weighted by Gasteiger charge is 2.25. The molecule has 1 atom stereocenters. The van der Waals surface area contributed by atoms with Crippen LogP contribution < -0.4 is 15.4 Å². The number of ether oxygens (including phenoxy) is 2. The minimum absolute atomic E-state index is 0.0254. The van der Waals surface area contributed by atoms with Crippen molar-refractivity contribution >= 4 is 17.7 Å². The van der Waals surface area contributed by atoms with Crippen molar-refractivity contribution < 1.29 is 19.1 Å². The first-order valence-electron chi connectivity index (χ1n) is 9.53. The third-order valence-electron chi connectivity index (χ3n) is 4.05. The van der Waals surface area contributed by atoms with Gasteiger partial charge in [0.2, 0.25) is 0 Å². The first kappa shape index (κ1) is 22.3. The van der Waals surface area contributed by atoms with E-state index in [4.69, 9.17) is 9.47 Å². The summed E-state index contributed by atoms with van der Waals surface area (Å²) in [5.74, 6) is 0.995. The van der Waals surface area contributed by atoms with Crippen molar-refractivity contribution in [3.8, 4) is 5.75 Å². The van der Waals surface area contributed by atoms with Crippen LogP contribution >= 0.6 is 0 Å². The van der Waals surface area contributed by atoms with E-state index in [-0.39, 0.29) is 30.5 Å². The van der Waals surface area contributed by atoms with Crippen LogP contribution in [0.5, 0.6) is 5.75 Å². The molecule has 29 heavy (non-hydrogen) atoms. The van der Waals surface area contributed by atoms with Crippen molar-refractivity contribution in [2.45, 2.75) is 52.8 Å². The molecule has 0 radical (unpaired) electrons. The molecular formula is C21H30N4O4. The van der Waals surface area contributed by atoms with Crippen LogP contribution in [-0.2, 0) is 16.1 Å². The van der Waals surface area contributed by atoms with E-state index in [0.29, 0.717) is 17.3 Å². The van der Waals surface area contributed by atoms with Crippen molar-refractivity contribution in [3.05, 3.63) is 42.5 Å². The molecule has 2 rings (SSSR count). The molecule has 8 nitrogen and oxygen atoms in total. The van der Waals surface area contributed by atoms with Crippen LogP contribution in [-0.4, -0.2) is 34.3 Å². The third-order valence-corrected chi connectivity index (χ3v) is 4.05. The van der Waals surface area contributed by atoms with Gasteiger partial charge in [0, 0.05) is 18.1 Å². The van der Waals surface area contributed by atoms with Gasteiger partial charge in [0.25, 0.3) is 0 Å². The average molecular weight is 402 g/mol. The molecule has 0 aliphatic carbocycles. The molecule has 2 N–H and O–H groups in total. The number of anilines is 1. The minimum Gasteiger partial charge on any atom is -0.497 e. The first-order chi connectivity index (χ1) is 13.6. The number of carbonyl (C=O) groups excluding carboxylic acids is 2. The highest BCUT2D eigenvalue weighted by Crippen LogP contribution is 2.21. The summed E-state index contributed by atoms with van der Waals surface area (Å²) in [4.78, 5) is 29.1. The van der Waals surface area contributed by atoms with Crippen molar-refractivity contribution in [3.63, 3.8) is 0 Å². The topological polar surface area (TPSA) is 94.5 Å². The molecule has 0 spiro atoms. The Balaban J connectivity index is 2.08. The zero-order chi connectivity index (χ0) is 21.6. The van der Waals surface area contributed by atoms with Crippen molar-refractivity contribution in [2.24, 2.45) is 5.92 Å². The highest BCUT2D eigenvalue weighted by atomic mass is 16.6. The molecule has 1 heterocycles. The number of hydrogen-bond donors (Lipinski definition) is 2. The number of benzene rings is 1. The number of aromatic nitrogens is 2. The zero-order valence-corrected chi connectivity index (χ0v) is 17.9. The predicted octanol–water partition coefficient (Wildman–Crippen LogP) is 3.75. The molecular weight excluding hydrogens is 372 g/mol. The van der Waals surface area contributed by atoms with Crippen LogP contribution in [0.4, 0.5) is 10.5 Å². The Bertz CT molecular complexity index is 822. The number of carbonyl (C=O) groups is 2. The molecule has 0 aliphatic heterocycles. The van der Waals surface area contributed by atoms with E-state index in [9.17, 15) is 9.59 Å². The molecule has 8 heteroatoms. The second kappa shape index (κ2) is 9.45. The van der Waals surface area contributed by atoms with Gasteiger partial charge in [0.15, 0.2) is 0 Å². The summed E-state index contributed by atoms with van der Waals surface area (Å²) in [6.07, 6.45) is 3.32. The van der Waals surface area contributed by atoms with Gasteiger partial charge in [-0.05, 0) is 51.0 Å². The molecule has 1 aromatic carbocycles. The van der Waals surface area contributed by atoms with E-state index in [1.54, 1.807) is 48.3 Å². The van der Waals surface area contributed by atoms with Gasteiger partial charge in [-0.15, -0.1) is 0 Å². The smallest absolute Gasteiger partial charge is 0.326 e. The van der Waals surface area contributed by atoms with Gasteiger partial charge in [0.05, 0.1) is 13.2 Å². The summed E-state index contributed by atoms with van der Waals surface area (Å²) < 4.78 is 12.2. The number of hydrogen-bond acceptors (Lipinski definition) is 5. The quantitative estimate of drug-likeness (QED) is 0.688. The number of nitrogens with zero attached hydrogens (tertiary/aromatic N) is 2. The van der Waals surface area contributed by atoms with E-state index < -0.39 is 5.60 Å². The van der Waals surface area contributed by atoms with Gasteiger partial charge >= 0.3 is 12.0 Å². The molecule has 0 bridgehead atoms. The van der Waals surface area contributed by atoms with Gasteiger partial charge in [-0.3, -0.25) is 4.79 Å². The Morgan fingerprint density at radius 2 is 1.83 bits per heavy atom. The van der Waals surface area contributed by atoms with E-state index in [0.717, 1.165) is 0 Å². The molecule has 0 aliphatic rings. The number of amides is 2. The Morgan fingerprint density at radius 1 is 1.17 bits per heavy atom. The van der Waals surface area contributed by atoms with Crippen molar-refractivity contribution in [1.29, 1.82) is 0 Å². The van der Waals surface area contributed by atoms with E-state index in [2.05, 4.69) is 15.6 Å². The van der Waals surface area contributed by atoms with Crippen LogP contribution in [0.25, 0.3) is 0 Å². The largest absolute Gasteiger partial charge is 0.497 e. The molecule has 1 aromatic heterocycles. The fourth-order valence-electron chi connectivity index (χ4n) is 2.76. The van der Waals surface area contributed by atoms with Crippen LogP contribution in [0, 0.1) is 5.92 Å². The number of imidazole rings is 1. The molecule has 0 saturated carbocycles. The number of rotatable bonds is 7. The summed E-state index contributed by atoms with van der Waals surface area (Å²) in [7, 11) is 1.59. The van der Waals surface area contributed by atoms with Crippen molar-refractivity contribution in [2.75, 3.05) is 12.4 Å². The maximum absolute atomic E-state index is 12.5. The van der Waals surface area contributed by atoms with Gasteiger partial charge in [0.1, 0.15) is 23.7 Å². The number of methoxy groups -OCH3 is 1. The van der Waals surface area contributed by atoms with E-state index in [1.807, 2.05) is 34.6 Å². The lowest BCUT2D eigenvalue weighted by atomic mass is 10.0. The molecule has 2 amide bonds. The number of esters is 1. The minimum atomic E-state index is -0.564. The predicted molar refractivity (Wildman–Crippen MR) is 111 cm³/mol. The maximum atomic E-state index is 12.5. The fraction of sp³-hybridized carbons (Fsp3) is 0.476. The second-order valence-corrected chi connectivity index (χ2v) is 8.05. The van der Waals surface area contributed by atoms with Gasteiger partial charge < -0.3 is 24.7 Å². The van der Waals surface area contributed by atoms with Gasteiger partial charge in [-0.2, -0.15) is 0 Å². The standard InChI is InChI=1S/C21H30N4O4/c1-14(2)18(24-20(27)23-15-7-9-16(28-6)10-8-15)19-22-11-12-25(19)13-17(26)29-21(3,4)5/h7-12,14,18H,13H2,1-6H3,(H2,23,24,27)/t18-/m0/s1. The summed E-state index contributed by atoms with van der Waals surface area (Å²) in [6.45, 7) is 9.44. The van der Waals surface area contributed by atoms with Crippen LogP contribution in [0.2, 0.25) is 0 Å². The third kappa shape index (κ3) is 6.81. The first-order valence-corrected chi connectivity index (χ1v) is 9.53. The summed E-state index contributed by atoms with van der Waals surface area (Å²) in [5, 5.41) is 5.74. The number of urea groups is 1. The molecule has 0 unspecified atom stereocenters. The Kier molecular flexibility index (Phi) is 7.25. The van der Waals surface area contributed by atoms with Gasteiger partial charge in [-0.1, -0.05) is 13.8 Å². The van der Waals surface area contributed by atoms with Crippen LogP contribution in [0.15, 0.2) is 36.7 Å². The summed E-state index contributed by atoms with van der Waals surface area (Å²) in [5.41, 5.74) is 0.0779. The lowest BCUT2D eigenvalue weighted by molar-refractivity contribution is -0.155. The Morgan fingerprint density at radius 3 is 2.38 bits per heavy atom. The molecule has 158 valence electrons. The number of nitrogens with one attached hydrogen (secondary N) is 2. The molecule has 2 aromatic rings. The molecule has 0 fully saturated rings. The Labute approximate surface area is 171 Å². The van der Waals surface area contributed by atoms with E-state index >= 15 is 0 Å². The second-order valence-electron chi connectivity index (χ2n) is 8.05. The van der Waals surface area contributed by atoms with Crippen LogP contribution in [0.1, 0.15) is 46.5 Å². The molecule has 0 saturated heterocycles. The SMILES string of the molecule is COc1ccc(NC(=O)N[C@H](c2nccn2CC(=O)OC(C)(C)C)C(C)C)cc1. The summed E-state index contributed by atoms with van der Waals surface area (Å²) >= 11 is 0. The lowest BCUT2D eigenvalue weighted by Gasteiger charge is -2.24. The Hall–Kier alpha value is -3.03. The average Bonchev–Trinajstić information content (AvgIpc) is 3.06. The lowest BCUT2D eigenvalue weighted by Crippen LogP contribution is -2.37.